The fourth-order valence-electron chi connectivity index (χ4n) is 4.30. The van der Waals surface area contributed by atoms with Crippen molar-refractivity contribution in [3.05, 3.63) is 30.0 Å². The zero-order valence-corrected chi connectivity index (χ0v) is 16.6. The van der Waals surface area contributed by atoms with Gasteiger partial charge in [-0.25, -0.2) is 0 Å². The number of fused-ring (bicyclic) bond motifs is 1. The molecule has 4 N–H and O–H groups in total. The van der Waals surface area contributed by atoms with E-state index in [0.717, 1.165) is 30.4 Å². The second kappa shape index (κ2) is 8.65. The minimum Gasteiger partial charge on any atom is -0.481 e. The standard InChI is InChI=1S/C21H27N3O5/c1-12-7-13(2)11-24(10-12)20(21(28)29)16-9-22-17-4-3-14(8-15(16)17)23-18(25)5-6-19(26)27/h3-4,8-9,12-13,20,22H,5-7,10-11H2,1-2H3,(H,23,25)(H,26,27)(H,28,29)/t12-,13+,20-/m0/s1. The molecule has 0 saturated carbocycles. The Morgan fingerprint density at radius 2 is 1.86 bits per heavy atom. The number of likely N-dealkylation sites (tertiary alicyclic amines) is 1. The van der Waals surface area contributed by atoms with Gasteiger partial charge in [-0.1, -0.05) is 13.8 Å². The van der Waals surface area contributed by atoms with Crippen molar-refractivity contribution in [2.75, 3.05) is 18.4 Å². The minimum absolute atomic E-state index is 0.116. The highest BCUT2D eigenvalue weighted by Gasteiger charge is 2.34. The van der Waals surface area contributed by atoms with Crippen molar-refractivity contribution in [3.8, 4) is 0 Å². The molecular formula is C21H27N3O5. The largest absolute Gasteiger partial charge is 0.481 e. The summed E-state index contributed by atoms with van der Waals surface area (Å²) in [7, 11) is 0. The Morgan fingerprint density at radius 3 is 2.48 bits per heavy atom. The summed E-state index contributed by atoms with van der Waals surface area (Å²) in [6.07, 6.45) is 2.46. The van der Waals surface area contributed by atoms with Crippen LogP contribution in [0.1, 0.15) is 44.7 Å². The first-order chi connectivity index (χ1) is 13.7. The van der Waals surface area contributed by atoms with E-state index in [4.69, 9.17) is 5.11 Å². The van der Waals surface area contributed by atoms with Gasteiger partial charge in [0.1, 0.15) is 6.04 Å². The number of hydrogen-bond acceptors (Lipinski definition) is 4. The number of carboxylic acids is 2. The van der Waals surface area contributed by atoms with Crippen LogP contribution in [0.2, 0.25) is 0 Å². The van der Waals surface area contributed by atoms with Crippen molar-refractivity contribution in [3.63, 3.8) is 0 Å². The molecule has 3 atom stereocenters. The van der Waals surface area contributed by atoms with Gasteiger partial charge in [-0.05, 0) is 36.5 Å². The van der Waals surface area contributed by atoms with Crippen LogP contribution in [-0.4, -0.2) is 51.0 Å². The number of nitrogens with zero attached hydrogens (tertiary/aromatic N) is 1. The number of amides is 1. The normalized spacial score (nSPS) is 21.0. The maximum atomic E-state index is 12.2. The van der Waals surface area contributed by atoms with Gasteiger partial charge in [-0.2, -0.15) is 0 Å². The van der Waals surface area contributed by atoms with Crippen LogP contribution >= 0.6 is 0 Å². The van der Waals surface area contributed by atoms with Crippen molar-refractivity contribution >= 4 is 34.4 Å². The molecular weight excluding hydrogens is 374 g/mol. The van der Waals surface area contributed by atoms with E-state index in [-0.39, 0.29) is 12.8 Å². The monoisotopic (exact) mass is 401 g/mol. The summed E-state index contributed by atoms with van der Waals surface area (Å²) in [4.78, 5) is 39.9. The summed E-state index contributed by atoms with van der Waals surface area (Å²) in [6.45, 7) is 5.72. The predicted molar refractivity (Wildman–Crippen MR) is 109 cm³/mol. The van der Waals surface area contributed by atoms with E-state index in [2.05, 4.69) is 24.1 Å². The molecule has 3 rings (SSSR count). The van der Waals surface area contributed by atoms with Crippen LogP contribution in [0.4, 0.5) is 5.69 Å². The number of aromatic amines is 1. The second-order valence-corrected chi connectivity index (χ2v) is 8.09. The van der Waals surface area contributed by atoms with E-state index < -0.39 is 23.9 Å². The number of aromatic nitrogens is 1. The summed E-state index contributed by atoms with van der Waals surface area (Å²) in [6, 6.07) is 4.47. The average Bonchev–Trinajstić information content (AvgIpc) is 3.02. The number of anilines is 1. The lowest BCUT2D eigenvalue weighted by Crippen LogP contribution is -2.43. The van der Waals surface area contributed by atoms with Gasteiger partial charge in [0.15, 0.2) is 0 Å². The van der Waals surface area contributed by atoms with Gasteiger partial charge in [0, 0.05) is 47.9 Å². The molecule has 8 nitrogen and oxygen atoms in total. The van der Waals surface area contributed by atoms with Crippen LogP contribution in [-0.2, 0) is 14.4 Å². The zero-order chi connectivity index (χ0) is 21.1. The maximum absolute atomic E-state index is 12.2. The number of hydrogen-bond donors (Lipinski definition) is 4. The highest BCUT2D eigenvalue weighted by atomic mass is 16.4. The van der Waals surface area contributed by atoms with Crippen LogP contribution in [0.5, 0.6) is 0 Å². The Bertz CT molecular complexity index is 912. The average molecular weight is 401 g/mol. The minimum atomic E-state index is -1.03. The highest BCUT2D eigenvalue weighted by Crippen LogP contribution is 2.34. The van der Waals surface area contributed by atoms with Gasteiger partial charge in [-0.3, -0.25) is 19.3 Å². The fourth-order valence-corrected chi connectivity index (χ4v) is 4.30. The fraction of sp³-hybridized carbons (Fsp3) is 0.476. The Morgan fingerprint density at radius 1 is 1.17 bits per heavy atom. The zero-order valence-electron chi connectivity index (χ0n) is 16.6. The van der Waals surface area contributed by atoms with Crippen LogP contribution in [0.25, 0.3) is 10.9 Å². The Balaban J connectivity index is 1.88. The van der Waals surface area contributed by atoms with Crippen molar-refractivity contribution in [1.29, 1.82) is 0 Å². The lowest BCUT2D eigenvalue weighted by atomic mass is 9.89. The summed E-state index contributed by atoms with van der Waals surface area (Å²) < 4.78 is 0. The van der Waals surface area contributed by atoms with Crippen LogP contribution in [0.3, 0.4) is 0 Å². The van der Waals surface area contributed by atoms with Crippen LogP contribution in [0.15, 0.2) is 24.4 Å². The summed E-state index contributed by atoms with van der Waals surface area (Å²) in [5.74, 6) is -1.47. The molecule has 156 valence electrons. The molecule has 0 unspecified atom stereocenters. The third-order valence-electron chi connectivity index (χ3n) is 5.35. The molecule has 8 heteroatoms. The predicted octanol–water partition coefficient (Wildman–Crippen LogP) is 3.07. The first-order valence-electron chi connectivity index (χ1n) is 9.84. The molecule has 2 aromatic rings. The van der Waals surface area contributed by atoms with Crippen molar-refractivity contribution in [2.45, 2.75) is 39.2 Å². The smallest absolute Gasteiger partial charge is 0.325 e. The third-order valence-corrected chi connectivity index (χ3v) is 5.35. The Kier molecular flexibility index (Phi) is 6.22. The lowest BCUT2D eigenvalue weighted by Gasteiger charge is -2.38. The molecule has 1 saturated heterocycles. The molecule has 1 amide bonds. The Labute approximate surface area is 168 Å². The molecule has 0 aliphatic carbocycles. The summed E-state index contributed by atoms with van der Waals surface area (Å²) >= 11 is 0. The first-order valence-corrected chi connectivity index (χ1v) is 9.84. The molecule has 1 aliphatic heterocycles. The summed E-state index contributed by atoms with van der Waals surface area (Å²) in [5, 5.41) is 22.1. The molecule has 1 aromatic heterocycles. The third kappa shape index (κ3) is 4.95. The molecule has 0 radical (unpaired) electrons. The van der Waals surface area contributed by atoms with Crippen molar-refractivity contribution in [1.82, 2.24) is 9.88 Å². The van der Waals surface area contributed by atoms with Crippen molar-refractivity contribution < 1.29 is 24.6 Å². The number of H-pyrrole nitrogens is 1. The molecule has 2 heterocycles. The first kappa shape index (κ1) is 20.9. The molecule has 29 heavy (non-hydrogen) atoms. The van der Waals surface area contributed by atoms with Crippen LogP contribution < -0.4 is 5.32 Å². The molecule has 1 fully saturated rings. The van der Waals surface area contributed by atoms with E-state index in [0.29, 0.717) is 23.1 Å². The number of nitrogens with one attached hydrogen (secondary N) is 2. The highest BCUT2D eigenvalue weighted by molar-refractivity contribution is 5.96. The molecule has 0 spiro atoms. The Hall–Kier alpha value is -2.87. The number of benzene rings is 1. The lowest BCUT2D eigenvalue weighted by molar-refractivity contribution is -0.144. The van der Waals surface area contributed by atoms with E-state index in [1.807, 2.05) is 4.90 Å². The number of piperidine rings is 1. The number of carboxylic acid groups (broad SMARTS) is 2. The van der Waals surface area contributed by atoms with Crippen LogP contribution in [0, 0.1) is 11.8 Å². The van der Waals surface area contributed by atoms with Gasteiger partial charge in [0.25, 0.3) is 0 Å². The second-order valence-electron chi connectivity index (χ2n) is 8.09. The van der Waals surface area contributed by atoms with E-state index in [1.165, 1.54) is 0 Å². The van der Waals surface area contributed by atoms with Crippen molar-refractivity contribution in [2.24, 2.45) is 11.8 Å². The van der Waals surface area contributed by atoms with Gasteiger partial charge in [0.2, 0.25) is 5.91 Å². The molecule has 0 bridgehead atoms. The number of aliphatic carboxylic acids is 2. The molecule has 1 aliphatic rings. The van der Waals surface area contributed by atoms with E-state index in [9.17, 15) is 19.5 Å². The number of carbonyl (C=O) groups excluding carboxylic acids is 1. The van der Waals surface area contributed by atoms with E-state index in [1.54, 1.807) is 24.4 Å². The SMILES string of the molecule is C[C@@H]1C[C@H](C)CN([C@H](C(=O)O)c2c[nH]c3ccc(NC(=O)CCC(=O)O)cc23)C1. The molecule has 1 aromatic carbocycles. The number of carbonyl (C=O) groups is 3. The van der Waals surface area contributed by atoms with Gasteiger partial charge < -0.3 is 20.5 Å². The van der Waals surface area contributed by atoms with Gasteiger partial charge in [0.05, 0.1) is 6.42 Å². The quantitative estimate of drug-likeness (QED) is 0.565. The van der Waals surface area contributed by atoms with E-state index >= 15 is 0 Å². The topological polar surface area (TPSA) is 123 Å². The summed E-state index contributed by atoms with van der Waals surface area (Å²) in [5.41, 5.74) is 1.96. The maximum Gasteiger partial charge on any atom is 0.325 e. The number of rotatable bonds is 7. The van der Waals surface area contributed by atoms with Gasteiger partial charge in [-0.15, -0.1) is 0 Å². The van der Waals surface area contributed by atoms with Gasteiger partial charge >= 0.3 is 11.9 Å².